The molecule has 4 atom stereocenters. The first kappa shape index (κ1) is 34.5. The van der Waals surface area contributed by atoms with Gasteiger partial charge in [-0.1, -0.05) is 39.7 Å². The zero-order valence-electron chi connectivity index (χ0n) is 24.3. The van der Waals surface area contributed by atoms with Gasteiger partial charge >= 0.3 is 24.4 Å². The van der Waals surface area contributed by atoms with Crippen LogP contribution < -0.4 is 15.2 Å². The lowest BCUT2D eigenvalue weighted by Gasteiger charge is -2.18. The van der Waals surface area contributed by atoms with Crippen molar-refractivity contribution in [2.75, 3.05) is 13.2 Å². The second-order valence-corrected chi connectivity index (χ2v) is 9.39. The number of rotatable bonds is 16. The van der Waals surface area contributed by atoms with Crippen molar-refractivity contribution >= 4 is 24.4 Å². The molecule has 40 heavy (non-hydrogen) atoms. The van der Waals surface area contributed by atoms with Crippen LogP contribution in [0.15, 0.2) is 18.2 Å². The topological polar surface area (TPSA) is 159 Å². The summed E-state index contributed by atoms with van der Waals surface area (Å²) in [5, 5.41) is 0. The third-order valence-electron chi connectivity index (χ3n) is 5.32. The Kier molecular flexibility index (Phi) is 16.1. The summed E-state index contributed by atoms with van der Waals surface area (Å²) in [6, 6.07) is 3.27. The van der Waals surface area contributed by atoms with Crippen LogP contribution in [0.2, 0.25) is 0 Å². The molecule has 12 nitrogen and oxygen atoms in total. The Balaban J connectivity index is 2.91. The van der Waals surface area contributed by atoms with E-state index in [0.29, 0.717) is 24.8 Å². The maximum absolute atomic E-state index is 12.5. The van der Waals surface area contributed by atoms with Gasteiger partial charge < -0.3 is 38.9 Å². The Hall–Kier alpha value is -3.54. The lowest BCUT2D eigenvalue weighted by atomic mass is 10.1. The van der Waals surface area contributed by atoms with E-state index in [2.05, 4.69) is 0 Å². The number of ether oxygens (including phenoxy) is 7. The molecule has 1 aromatic carbocycles. The monoisotopic (exact) mass is 569 g/mol. The summed E-state index contributed by atoms with van der Waals surface area (Å²) in [6.45, 7) is 10.8. The number of hydrogen-bond acceptors (Lipinski definition) is 12. The quantitative estimate of drug-likeness (QED) is 0.152. The molecular formula is C28H43NO11. The first-order valence-electron chi connectivity index (χ1n) is 13.6. The van der Waals surface area contributed by atoms with Crippen LogP contribution in [-0.2, 0) is 34.9 Å². The van der Waals surface area contributed by atoms with Crippen molar-refractivity contribution in [3.8, 4) is 11.5 Å². The standard InChI is InChI=1S/C28H43NO11/c1-7-10-18(4)37-27(32)39-23-13-12-21(16-24(23)40-28(33)38-19(5)11-8-2)15-22(29)25(30)36-20(6)17-35-26(31)34-14-9-3/h12-13,16,18-20,22H,7-11,14-15,17,29H2,1-6H3/t18?,19?,20-,22-/m0/s1. The van der Waals surface area contributed by atoms with E-state index in [4.69, 9.17) is 38.9 Å². The highest BCUT2D eigenvalue weighted by Crippen LogP contribution is 2.30. The number of benzene rings is 1. The molecule has 0 aliphatic carbocycles. The van der Waals surface area contributed by atoms with Gasteiger partial charge in [0.1, 0.15) is 31.0 Å². The molecule has 0 saturated heterocycles. The lowest BCUT2D eigenvalue weighted by Crippen LogP contribution is -2.37. The molecule has 2 N–H and O–H groups in total. The summed E-state index contributed by atoms with van der Waals surface area (Å²) >= 11 is 0. The molecule has 0 heterocycles. The fourth-order valence-electron chi connectivity index (χ4n) is 3.40. The highest BCUT2D eigenvalue weighted by atomic mass is 16.8. The van der Waals surface area contributed by atoms with Crippen LogP contribution in [0.25, 0.3) is 0 Å². The van der Waals surface area contributed by atoms with Crippen molar-refractivity contribution in [3.63, 3.8) is 0 Å². The van der Waals surface area contributed by atoms with Gasteiger partial charge in [0.15, 0.2) is 11.5 Å². The van der Waals surface area contributed by atoms with Gasteiger partial charge in [-0.05, 0) is 64.2 Å². The minimum Gasteiger partial charge on any atom is -0.458 e. The minimum atomic E-state index is -1.09. The van der Waals surface area contributed by atoms with Crippen LogP contribution in [-0.4, -0.2) is 62.0 Å². The average molecular weight is 570 g/mol. The summed E-state index contributed by atoms with van der Waals surface area (Å²) in [4.78, 5) is 48.6. The number of hydrogen-bond donors (Lipinski definition) is 1. The Bertz CT molecular complexity index is 952. The van der Waals surface area contributed by atoms with Gasteiger partial charge in [0.05, 0.1) is 6.61 Å². The molecule has 0 saturated carbocycles. The molecule has 0 aliphatic rings. The summed E-state index contributed by atoms with van der Waals surface area (Å²) in [5.74, 6) is -0.921. The molecular weight excluding hydrogens is 526 g/mol. The predicted molar refractivity (Wildman–Crippen MR) is 144 cm³/mol. The van der Waals surface area contributed by atoms with Gasteiger partial charge in [-0.3, -0.25) is 4.79 Å². The first-order valence-corrected chi connectivity index (χ1v) is 13.6. The van der Waals surface area contributed by atoms with E-state index < -0.39 is 36.6 Å². The number of carbonyl (C=O) groups is 4. The Labute approximate surface area is 235 Å². The number of carbonyl (C=O) groups excluding carboxylic acids is 4. The molecule has 1 rings (SSSR count). The second kappa shape index (κ2) is 18.7. The van der Waals surface area contributed by atoms with Crippen LogP contribution in [0.3, 0.4) is 0 Å². The molecule has 0 fully saturated rings. The molecule has 2 unspecified atom stereocenters. The van der Waals surface area contributed by atoms with Crippen molar-refractivity contribution in [1.82, 2.24) is 0 Å². The molecule has 0 spiro atoms. The molecule has 12 heteroatoms. The second-order valence-electron chi connectivity index (χ2n) is 9.39. The third-order valence-corrected chi connectivity index (χ3v) is 5.32. The zero-order chi connectivity index (χ0) is 30.1. The fraction of sp³-hybridized carbons (Fsp3) is 0.643. The van der Waals surface area contributed by atoms with Crippen LogP contribution in [0.5, 0.6) is 11.5 Å². The van der Waals surface area contributed by atoms with E-state index in [9.17, 15) is 19.2 Å². The SMILES string of the molecule is CCCOC(=O)OC[C@H](C)OC(=O)[C@@H](N)Cc1ccc(OC(=O)OC(C)CCC)c(OC(=O)OC(C)CCC)c1. The smallest absolute Gasteiger partial charge is 0.458 e. The van der Waals surface area contributed by atoms with Crippen LogP contribution in [0.1, 0.15) is 79.2 Å². The summed E-state index contributed by atoms with van der Waals surface area (Å²) < 4.78 is 36.0. The van der Waals surface area contributed by atoms with Gasteiger partial charge in [-0.25, -0.2) is 14.4 Å². The predicted octanol–water partition coefficient (Wildman–Crippen LogP) is 5.46. The molecule has 0 radical (unpaired) electrons. The van der Waals surface area contributed by atoms with Gasteiger partial charge in [0.25, 0.3) is 0 Å². The van der Waals surface area contributed by atoms with Crippen molar-refractivity contribution in [1.29, 1.82) is 0 Å². The van der Waals surface area contributed by atoms with E-state index in [1.807, 2.05) is 20.8 Å². The highest BCUT2D eigenvalue weighted by molar-refractivity contribution is 5.76. The van der Waals surface area contributed by atoms with Crippen LogP contribution >= 0.6 is 0 Å². The van der Waals surface area contributed by atoms with E-state index in [0.717, 1.165) is 12.8 Å². The Morgan fingerprint density at radius 2 is 1.30 bits per heavy atom. The van der Waals surface area contributed by atoms with E-state index in [1.54, 1.807) is 26.8 Å². The van der Waals surface area contributed by atoms with Gasteiger partial charge in [0.2, 0.25) is 0 Å². The molecule has 1 aromatic rings. The zero-order valence-corrected chi connectivity index (χ0v) is 24.3. The lowest BCUT2D eigenvalue weighted by molar-refractivity contribution is -0.152. The van der Waals surface area contributed by atoms with Crippen LogP contribution in [0.4, 0.5) is 14.4 Å². The largest absolute Gasteiger partial charge is 0.514 e. The summed E-state index contributed by atoms with van der Waals surface area (Å²) in [7, 11) is 0. The number of esters is 1. The average Bonchev–Trinajstić information content (AvgIpc) is 2.87. The summed E-state index contributed by atoms with van der Waals surface area (Å²) in [5.41, 5.74) is 6.51. The van der Waals surface area contributed by atoms with Crippen molar-refractivity contribution in [3.05, 3.63) is 23.8 Å². The van der Waals surface area contributed by atoms with Crippen molar-refractivity contribution in [2.45, 2.75) is 104 Å². The van der Waals surface area contributed by atoms with Gasteiger partial charge in [-0.2, -0.15) is 0 Å². The highest BCUT2D eigenvalue weighted by Gasteiger charge is 2.23. The maximum atomic E-state index is 12.5. The van der Waals surface area contributed by atoms with Crippen LogP contribution in [0, 0.1) is 0 Å². The number of nitrogens with two attached hydrogens (primary N) is 1. The van der Waals surface area contributed by atoms with E-state index in [-0.39, 0.29) is 43.3 Å². The van der Waals surface area contributed by atoms with Gasteiger partial charge in [0, 0.05) is 0 Å². The van der Waals surface area contributed by atoms with E-state index >= 15 is 0 Å². The fourth-order valence-corrected chi connectivity index (χ4v) is 3.40. The molecule has 0 bridgehead atoms. The molecule has 0 aromatic heterocycles. The minimum absolute atomic E-state index is 0.000851. The van der Waals surface area contributed by atoms with Crippen molar-refractivity contribution < 1.29 is 52.3 Å². The summed E-state index contributed by atoms with van der Waals surface area (Å²) in [6.07, 6.45) is -0.725. The first-order chi connectivity index (χ1) is 19.0. The normalized spacial score (nSPS) is 13.7. The molecule has 0 aliphatic heterocycles. The maximum Gasteiger partial charge on any atom is 0.514 e. The Morgan fingerprint density at radius 3 is 1.85 bits per heavy atom. The third kappa shape index (κ3) is 14.0. The molecule has 0 amide bonds. The molecule has 226 valence electrons. The van der Waals surface area contributed by atoms with E-state index in [1.165, 1.54) is 12.1 Å². The van der Waals surface area contributed by atoms with Gasteiger partial charge in [-0.15, -0.1) is 0 Å². The Morgan fingerprint density at radius 1 is 0.725 bits per heavy atom. The van der Waals surface area contributed by atoms with Crippen molar-refractivity contribution in [2.24, 2.45) is 5.73 Å².